The van der Waals surface area contributed by atoms with E-state index in [1.54, 1.807) is 33.8 Å². The predicted octanol–water partition coefficient (Wildman–Crippen LogP) is 2.66. The maximum absolute atomic E-state index is 13.2. The number of fused-ring (bicyclic) bond motifs is 1. The minimum absolute atomic E-state index is 0.0591. The second-order valence-corrected chi connectivity index (χ2v) is 8.23. The number of pyridine rings is 1. The molecule has 0 fully saturated rings. The lowest BCUT2D eigenvalue weighted by Crippen LogP contribution is -2.42. The Morgan fingerprint density at radius 2 is 2.03 bits per heavy atom. The number of carbonyl (C=O) groups is 2. The number of anilines is 1. The molecule has 0 atom stereocenters. The summed E-state index contributed by atoms with van der Waals surface area (Å²) in [6.45, 7) is 7.43. The molecule has 3 heterocycles. The van der Waals surface area contributed by atoms with E-state index >= 15 is 0 Å². The molecule has 3 amide bonds. The quantitative estimate of drug-likeness (QED) is 0.574. The third kappa shape index (κ3) is 4.68. The molecule has 0 saturated carbocycles. The van der Waals surface area contributed by atoms with Gasteiger partial charge in [0.05, 0.1) is 18.7 Å². The van der Waals surface area contributed by atoms with E-state index in [0.717, 1.165) is 11.1 Å². The number of hydrogen-bond donors (Lipinski definition) is 2. The Balaban J connectivity index is 1.58. The van der Waals surface area contributed by atoms with Gasteiger partial charge >= 0.3 is 6.03 Å². The molecule has 178 valence electrons. The van der Waals surface area contributed by atoms with Gasteiger partial charge in [-0.2, -0.15) is 0 Å². The monoisotopic (exact) mass is 464 g/mol. The Morgan fingerprint density at radius 3 is 2.76 bits per heavy atom. The molecule has 34 heavy (non-hydrogen) atoms. The molecule has 3 aromatic rings. The zero-order valence-electron chi connectivity index (χ0n) is 19.7. The van der Waals surface area contributed by atoms with Crippen molar-refractivity contribution in [1.82, 2.24) is 35.4 Å². The van der Waals surface area contributed by atoms with Crippen LogP contribution in [0.1, 0.15) is 48.3 Å². The topological polar surface area (TPSA) is 127 Å². The van der Waals surface area contributed by atoms with Crippen LogP contribution in [0.4, 0.5) is 10.6 Å². The lowest BCUT2D eigenvalue weighted by atomic mass is 9.96. The van der Waals surface area contributed by atoms with Gasteiger partial charge in [0.15, 0.2) is 0 Å². The molecule has 0 spiro atoms. The van der Waals surface area contributed by atoms with E-state index < -0.39 is 0 Å². The molecular formula is C23H28N8O3. The molecule has 0 aliphatic carbocycles. The molecule has 2 aromatic heterocycles. The molecule has 1 aromatic carbocycles. The van der Waals surface area contributed by atoms with E-state index in [1.165, 1.54) is 7.11 Å². The summed E-state index contributed by atoms with van der Waals surface area (Å²) < 4.78 is 7.17. The number of urea groups is 1. The lowest BCUT2D eigenvalue weighted by molar-refractivity contribution is 0.102. The highest BCUT2D eigenvalue weighted by Crippen LogP contribution is 2.29. The summed E-state index contributed by atoms with van der Waals surface area (Å²) in [6.07, 6.45) is 0.693. The van der Waals surface area contributed by atoms with Crippen LogP contribution in [0.2, 0.25) is 0 Å². The van der Waals surface area contributed by atoms with Crippen LogP contribution in [0, 0.1) is 0 Å². The maximum atomic E-state index is 13.2. The molecule has 0 bridgehead atoms. The Kier molecular flexibility index (Phi) is 6.71. The minimum Gasteiger partial charge on any atom is -0.496 e. The van der Waals surface area contributed by atoms with Gasteiger partial charge in [0, 0.05) is 19.6 Å². The minimum atomic E-state index is -0.358. The first kappa shape index (κ1) is 23.1. The van der Waals surface area contributed by atoms with Crippen molar-refractivity contribution in [2.45, 2.75) is 39.8 Å². The maximum Gasteiger partial charge on any atom is 0.317 e. The number of amides is 3. The predicted molar refractivity (Wildman–Crippen MR) is 126 cm³/mol. The second-order valence-electron chi connectivity index (χ2n) is 8.23. The molecule has 11 heteroatoms. The summed E-state index contributed by atoms with van der Waals surface area (Å²) in [5.41, 5.74) is 2.90. The van der Waals surface area contributed by atoms with Gasteiger partial charge in [-0.05, 0) is 73.0 Å². The Hall–Kier alpha value is -4.02. The van der Waals surface area contributed by atoms with E-state index in [0.29, 0.717) is 54.7 Å². The fourth-order valence-corrected chi connectivity index (χ4v) is 3.89. The van der Waals surface area contributed by atoms with Gasteiger partial charge in [-0.15, -0.1) is 5.10 Å². The molecule has 0 saturated heterocycles. The van der Waals surface area contributed by atoms with E-state index in [2.05, 4.69) is 31.1 Å². The van der Waals surface area contributed by atoms with Gasteiger partial charge in [-0.3, -0.25) is 4.79 Å². The molecule has 4 rings (SSSR count). The zero-order chi connectivity index (χ0) is 24.2. The van der Waals surface area contributed by atoms with E-state index in [1.807, 2.05) is 26.8 Å². The van der Waals surface area contributed by atoms with Crippen molar-refractivity contribution in [3.8, 4) is 17.3 Å². The summed E-state index contributed by atoms with van der Waals surface area (Å²) in [6, 6.07) is 8.88. The standard InChI is InChI=1S/C23H28N8O3/c1-5-24-23(33)30-10-9-15-12-19(34-4)17(11-16(15)13-30)22(32)26-20-8-6-7-18(25-20)21-27-28-29-31(21)14(2)3/h6-8,11-12,14H,5,9-10,13H2,1-4H3,(H,24,33)(H,25,26,32). The van der Waals surface area contributed by atoms with Crippen molar-refractivity contribution in [1.29, 1.82) is 0 Å². The van der Waals surface area contributed by atoms with Crippen molar-refractivity contribution >= 4 is 17.8 Å². The van der Waals surface area contributed by atoms with Crippen molar-refractivity contribution in [2.24, 2.45) is 0 Å². The van der Waals surface area contributed by atoms with Crippen LogP contribution in [0.5, 0.6) is 5.75 Å². The molecular weight excluding hydrogens is 436 g/mol. The van der Waals surface area contributed by atoms with Crippen LogP contribution >= 0.6 is 0 Å². The van der Waals surface area contributed by atoms with Gasteiger partial charge in [-0.25, -0.2) is 14.5 Å². The van der Waals surface area contributed by atoms with Crippen molar-refractivity contribution < 1.29 is 14.3 Å². The van der Waals surface area contributed by atoms with Gasteiger partial charge in [-0.1, -0.05) is 6.07 Å². The normalized spacial score (nSPS) is 12.9. The number of nitrogens with one attached hydrogen (secondary N) is 2. The van der Waals surface area contributed by atoms with Crippen LogP contribution in [-0.4, -0.2) is 62.2 Å². The summed E-state index contributed by atoms with van der Waals surface area (Å²) in [4.78, 5) is 31.7. The fourth-order valence-electron chi connectivity index (χ4n) is 3.89. The number of aromatic nitrogens is 5. The van der Waals surface area contributed by atoms with Crippen LogP contribution < -0.4 is 15.4 Å². The van der Waals surface area contributed by atoms with Crippen LogP contribution in [0.3, 0.4) is 0 Å². The third-order valence-corrected chi connectivity index (χ3v) is 5.60. The summed E-state index contributed by atoms with van der Waals surface area (Å²) in [7, 11) is 1.53. The van der Waals surface area contributed by atoms with Gasteiger partial charge < -0.3 is 20.3 Å². The van der Waals surface area contributed by atoms with Crippen molar-refractivity contribution in [3.63, 3.8) is 0 Å². The third-order valence-electron chi connectivity index (χ3n) is 5.60. The number of methoxy groups -OCH3 is 1. The number of hydrogen-bond acceptors (Lipinski definition) is 7. The largest absolute Gasteiger partial charge is 0.496 e. The summed E-state index contributed by atoms with van der Waals surface area (Å²) in [5, 5.41) is 17.5. The molecule has 0 radical (unpaired) electrons. The summed E-state index contributed by atoms with van der Waals surface area (Å²) >= 11 is 0. The average Bonchev–Trinajstić information content (AvgIpc) is 3.33. The number of ether oxygens (including phenoxy) is 1. The highest BCUT2D eigenvalue weighted by Gasteiger charge is 2.24. The van der Waals surface area contributed by atoms with E-state index in [-0.39, 0.29) is 18.0 Å². The van der Waals surface area contributed by atoms with Gasteiger partial charge in [0.25, 0.3) is 5.91 Å². The Labute approximate surface area is 197 Å². The molecule has 1 aliphatic rings. The SMILES string of the molecule is CCNC(=O)N1CCc2cc(OC)c(C(=O)Nc3cccc(-c4nnnn4C(C)C)n3)cc2C1. The van der Waals surface area contributed by atoms with Crippen LogP contribution in [-0.2, 0) is 13.0 Å². The van der Waals surface area contributed by atoms with Crippen LogP contribution in [0.15, 0.2) is 30.3 Å². The van der Waals surface area contributed by atoms with Crippen molar-refractivity contribution in [2.75, 3.05) is 25.5 Å². The molecule has 11 nitrogen and oxygen atoms in total. The fraction of sp³-hybridized carbons (Fsp3) is 0.391. The Morgan fingerprint density at radius 1 is 1.21 bits per heavy atom. The number of carbonyl (C=O) groups excluding carboxylic acids is 2. The first-order valence-corrected chi connectivity index (χ1v) is 11.2. The van der Waals surface area contributed by atoms with Gasteiger partial charge in [0.2, 0.25) is 5.82 Å². The highest BCUT2D eigenvalue weighted by atomic mass is 16.5. The number of benzene rings is 1. The highest BCUT2D eigenvalue weighted by molar-refractivity contribution is 6.06. The second kappa shape index (κ2) is 9.86. The molecule has 0 unspecified atom stereocenters. The van der Waals surface area contributed by atoms with Crippen molar-refractivity contribution in [3.05, 3.63) is 47.0 Å². The van der Waals surface area contributed by atoms with E-state index in [9.17, 15) is 9.59 Å². The smallest absolute Gasteiger partial charge is 0.317 e. The average molecular weight is 465 g/mol. The zero-order valence-corrected chi connectivity index (χ0v) is 19.7. The molecule has 2 N–H and O–H groups in total. The number of nitrogens with zero attached hydrogens (tertiary/aromatic N) is 6. The number of tetrazole rings is 1. The van der Waals surface area contributed by atoms with E-state index in [4.69, 9.17) is 4.74 Å². The summed E-state index contributed by atoms with van der Waals surface area (Å²) in [5.74, 6) is 0.998. The lowest BCUT2D eigenvalue weighted by Gasteiger charge is -2.29. The van der Waals surface area contributed by atoms with Gasteiger partial charge in [0.1, 0.15) is 17.3 Å². The first-order valence-electron chi connectivity index (χ1n) is 11.2. The van der Waals surface area contributed by atoms with Crippen LogP contribution in [0.25, 0.3) is 11.5 Å². The number of rotatable bonds is 6. The first-order chi connectivity index (χ1) is 16.4. The Bertz CT molecular complexity index is 1210. The molecule has 1 aliphatic heterocycles.